The van der Waals surface area contributed by atoms with Gasteiger partial charge < -0.3 is 19.3 Å². The Labute approximate surface area is 159 Å². The zero-order chi connectivity index (χ0) is 19.1. The number of carbonyl (C=O) groups excluding carboxylic acids is 1. The summed E-state index contributed by atoms with van der Waals surface area (Å²) >= 11 is 0. The van der Waals surface area contributed by atoms with Gasteiger partial charge in [0.15, 0.2) is 0 Å². The molecule has 4 heterocycles. The number of aliphatic hydroxyl groups excluding tert-OH is 1. The fourth-order valence-electron chi connectivity index (χ4n) is 5.23. The van der Waals surface area contributed by atoms with E-state index in [9.17, 15) is 14.7 Å². The third-order valence-electron chi connectivity index (χ3n) is 6.58. The fraction of sp³-hybridized carbons (Fsp3) is 0.700. The van der Waals surface area contributed by atoms with E-state index < -0.39 is 0 Å². The molecule has 4 rings (SSSR count). The molecule has 3 aliphatic heterocycles. The predicted octanol–water partition coefficient (Wildman–Crippen LogP) is 0.327. The molecule has 7 nitrogen and oxygen atoms in total. The lowest BCUT2D eigenvalue weighted by Crippen LogP contribution is -2.48. The van der Waals surface area contributed by atoms with E-state index in [2.05, 4.69) is 4.90 Å². The van der Waals surface area contributed by atoms with Crippen molar-refractivity contribution in [2.45, 2.75) is 31.5 Å². The molecule has 0 radical (unpaired) electrons. The van der Waals surface area contributed by atoms with Crippen molar-refractivity contribution < 1.29 is 14.6 Å². The van der Waals surface area contributed by atoms with Gasteiger partial charge >= 0.3 is 0 Å². The second-order valence-electron chi connectivity index (χ2n) is 8.27. The molecule has 7 heteroatoms. The van der Waals surface area contributed by atoms with E-state index >= 15 is 0 Å². The van der Waals surface area contributed by atoms with Crippen molar-refractivity contribution in [2.24, 2.45) is 17.8 Å². The monoisotopic (exact) mass is 375 g/mol. The lowest BCUT2D eigenvalue weighted by Gasteiger charge is -2.40. The van der Waals surface area contributed by atoms with Gasteiger partial charge in [-0.3, -0.25) is 14.5 Å². The first kappa shape index (κ1) is 18.7. The summed E-state index contributed by atoms with van der Waals surface area (Å²) in [5.41, 5.74) is 0.879. The summed E-state index contributed by atoms with van der Waals surface area (Å²) in [5.74, 6) is 0.0657. The average Bonchev–Trinajstić information content (AvgIpc) is 2.87. The van der Waals surface area contributed by atoms with Crippen LogP contribution < -0.4 is 5.56 Å². The molecule has 0 aromatic carbocycles. The highest BCUT2D eigenvalue weighted by Crippen LogP contribution is 2.49. The molecule has 0 saturated carbocycles. The molecule has 2 saturated heterocycles. The van der Waals surface area contributed by atoms with Crippen molar-refractivity contribution >= 4 is 5.91 Å². The quantitative estimate of drug-likeness (QED) is 0.821. The van der Waals surface area contributed by atoms with Gasteiger partial charge in [-0.05, 0) is 24.8 Å². The van der Waals surface area contributed by atoms with E-state index in [-0.39, 0.29) is 42.0 Å². The Bertz CT molecular complexity index is 756. The Hall–Kier alpha value is -1.70. The summed E-state index contributed by atoms with van der Waals surface area (Å²) in [7, 11) is 3.53. The minimum Gasteiger partial charge on any atom is -0.396 e. The zero-order valence-electron chi connectivity index (χ0n) is 16.1. The molecule has 2 fully saturated rings. The van der Waals surface area contributed by atoms with Crippen LogP contribution in [0.4, 0.5) is 0 Å². The minimum absolute atomic E-state index is 0.00402. The number of aliphatic hydroxyl groups is 1. The van der Waals surface area contributed by atoms with Crippen LogP contribution in [-0.4, -0.2) is 71.9 Å². The molecule has 1 aromatic heterocycles. The number of ether oxygens (including phenoxy) is 1. The standard InChI is InChI=1S/C20H29N3O4/c1-21(2)20(26)18-14(12-24)16-11-22-15(4-3-5-17(22)25)19(18)23(16)10-13-6-8-27-9-7-13/h3-5,13-14,16,18-19,24H,6-12H2,1-2H3/t14-,16-,18+,19+/m1/s1. The first-order valence-electron chi connectivity index (χ1n) is 9.88. The van der Waals surface area contributed by atoms with Crippen LogP contribution in [0.1, 0.15) is 24.6 Å². The van der Waals surface area contributed by atoms with Gasteiger partial charge in [-0.1, -0.05) is 6.07 Å². The summed E-state index contributed by atoms with van der Waals surface area (Å²) < 4.78 is 7.31. The van der Waals surface area contributed by atoms with Gasteiger partial charge in [0.2, 0.25) is 5.91 Å². The lowest BCUT2D eigenvalue weighted by molar-refractivity contribution is -0.135. The van der Waals surface area contributed by atoms with E-state index in [0.29, 0.717) is 12.5 Å². The third kappa shape index (κ3) is 3.11. The molecular formula is C20H29N3O4. The maximum Gasteiger partial charge on any atom is 0.250 e. The Morgan fingerprint density at radius 1 is 1.30 bits per heavy atom. The summed E-state index contributed by atoms with van der Waals surface area (Å²) in [5, 5.41) is 10.2. The molecule has 1 amide bonds. The van der Waals surface area contributed by atoms with Crippen LogP contribution >= 0.6 is 0 Å². The van der Waals surface area contributed by atoms with Gasteiger partial charge in [-0.2, -0.15) is 0 Å². The molecule has 3 aliphatic rings. The van der Waals surface area contributed by atoms with Gasteiger partial charge in [0.25, 0.3) is 5.56 Å². The van der Waals surface area contributed by atoms with E-state index in [0.717, 1.165) is 38.3 Å². The maximum absolute atomic E-state index is 13.1. The van der Waals surface area contributed by atoms with Gasteiger partial charge in [-0.25, -0.2) is 0 Å². The van der Waals surface area contributed by atoms with Gasteiger partial charge in [0.05, 0.1) is 12.0 Å². The Kier molecular flexibility index (Phi) is 5.09. The molecule has 27 heavy (non-hydrogen) atoms. The number of pyridine rings is 1. The van der Waals surface area contributed by atoms with Crippen molar-refractivity contribution in [1.82, 2.24) is 14.4 Å². The highest BCUT2D eigenvalue weighted by Gasteiger charge is 2.56. The highest BCUT2D eigenvalue weighted by molar-refractivity contribution is 5.80. The summed E-state index contributed by atoms with van der Waals surface area (Å²) in [6.45, 7) is 2.95. The van der Waals surface area contributed by atoms with Crippen molar-refractivity contribution in [3.63, 3.8) is 0 Å². The summed E-state index contributed by atoms with van der Waals surface area (Å²) in [4.78, 5) is 29.5. The smallest absolute Gasteiger partial charge is 0.250 e. The van der Waals surface area contributed by atoms with Crippen LogP contribution in [0.15, 0.2) is 23.0 Å². The van der Waals surface area contributed by atoms with E-state index in [1.807, 2.05) is 6.07 Å². The molecule has 0 spiro atoms. The van der Waals surface area contributed by atoms with Crippen molar-refractivity contribution in [1.29, 1.82) is 0 Å². The molecule has 0 unspecified atom stereocenters. The SMILES string of the molecule is CN(C)C(=O)[C@H]1[C@H](CO)[C@H]2Cn3c(cccc3=O)[C@@H]1N2CC1CCOCC1. The van der Waals surface area contributed by atoms with Crippen LogP contribution in [-0.2, 0) is 16.1 Å². The second-order valence-corrected chi connectivity index (χ2v) is 8.27. The van der Waals surface area contributed by atoms with Crippen LogP contribution in [0.25, 0.3) is 0 Å². The maximum atomic E-state index is 13.1. The van der Waals surface area contributed by atoms with Crippen LogP contribution in [0, 0.1) is 17.8 Å². The second kappa shape index (κ2) is 7.37. The number of carbonyl (C=O) groups is 1. The largest absolute Gasteiger partial charge is 0.396 e. The number of fused-ring (bicyclic) bond motifs is 4. The van der Waals surface area contributed by atoms with Crippen molar-refractivity contribution in [2.75, 3.05) is 40.5 Å². The number of hydrogen-bond donors (Lipinski definition) is 1. The fourth-order valence-corrected chi connectivity index (χ4v) is 5.23. The van der Waals surface area contributed by atoms with E-state index in [1.165, 1.54) is 0 Å². The van der Waals surface area contributed by atoms with E-state index in [4.69, 9.17) is 4.74 Å². The number of amides is 1. The summed E-state index contributed by atoms with van der Waals surface area (Å²) in [6, 6.07) is 5.17. The number of aromatic nitrogens is 1. The van der Waals surface area contributed by atoms with Gasteiger partial charge in [-0.15, -0.1) is 0 Å². The van der Waals surface area contributed by atoms with Crippen LogP contribution in [0.2, 0.25) is 0 Å². The Balaban J connectivity index is 1.75. The predicted molar refractivity (Wildman–Crippen MR) is 100 cm³/mol. The molecule has 1 aromatic rings. The molecule has 4 atom stereocenters. The highest BCUT2D eigenvalue weighted by atomic mass is 16.5. The van der Waals surface area contributed by atoms with Gasteiger partial charge in [0, 0.05) is 70.7 Å². The normalized spacial score (nSPS) is 30.9. The lowest BCUT2D eigenvalue weighted by atomic mass is 9.86. The van der Waals surface area contributed by atoms with Crippen LogP contribution in [0.3, 0.4) is 0 Å². The zero-order valence-corrected chi connectivity index (χ0v) is 16.1. The third-order valence-corrected chi connectivity index (χ3v) is 6.58. The molecule has 2 bridgehead atoms. The number of hydrogen-bond acceptors (Lipinski definition) is 5. The first-order valence-corrected chi connectivity index (χ1v) is 9.88. The summed E-state index contributed by atoms with van der Waals surface area (Å²) in [6.07, 6.45) is 2.04. The number of rotatable bonds is 4. The first-order chi connectivity index (χ1) is 13.0. The van der Waals surface area contributed by atoms with Crippen LogP contribution in [0.5, 0.6) is 0 Å². The Morgan fingerprint density at radius 3 is 2.70 bits per heavy atom. The van der Waals surface area contributed by atoms with Crippen molar-refractivity contribution in [3.8, 4) is 0 Å². The van der Waals surface area contributed by atoms with Crippen molar-refractivity contribution in [3.05, 3.63) is 34.2 Å². The molecule has 148 valence electrons. The molecule has 1 N–H and O–H groups in total. The minimum atomic E-state index is -0.328. The van der Waals surface area contributed by atoms with Gasteiger partial charge in [0.1, 0.15) is 0 Å². The average molecular weight is 375 g/mol. The topological polar surface area (TPSA) is 75.0 Å². The number of nitrogens with zero attached hydrogens (tertiary/aromatic N) is 3. The Morgan fingerprint density at radius 2 is 2.04 bits per heavy atom. The molecular weight excluding hydrogens is 346 g/mol. The van der Waals surface area contributed by atoms with E-state index in [1.54, 1.807) is 35.7 Å². The molecule has 0 aliphatic carbocycles.